The number of hydrogen-bond donors (Lipinski definition) is 2. The zero-order valence-electron chi connectivity index (χ0n) is 11.8. The van der Waals surface area contributed by atoms with Gasteiger partial charge in [0, 0.05) is 5.57 Å². The Bertz CT molecular complexity index is 706. The van der Waals surface area contributed by atoms with Gasteiger partial charge in [0.15, 0.2) is 11.6 Å². The van der Waals surface area contributed by atoms with E-state index in [2.05, 4.69) is 0 Å². The first-order valence-corrected chi connectivity index (χ1v) is 6.54. The molecule has 0 saturated carbocycles. The third-order valence-electron chi connectivity index (χ3n) is 3.62. The van der Waals surface area contributed by atoms with E-state index in [-0.39, 0.29) is 24.0 Å². The number of carboxylic acids is 2. The second kappa shape index (κ2) is 5.71. The molecule has 0 bridgehead atoms. The van der Waals surface area contributed by atoms with Gasteiger partial charge < -0.3 is 10.2 Å². The first kappa shape index (κ1) is 15.9. The molecule has 0 aliphatic heterocycles. The lowest BCUT2D eigenvalue weighted by molar-refractivity contribution is -0.146. The summed E-state index contributed by atoms with van der Waals surface area (Å²) in [6.07, 6.45) is 2.54. The van der Waals surface area contributed by atoms with Gasteiger partial charge in [-0.25, -0.2) is 13.6 Å². The highest BCUT2D eigenvalue weighted by Gasteiger charge is 2.40. The van der Waals surface area contributed by atoms with E-state index in [1.165, 1.54) is 18.2 Å². The third kappa shape index (κ3) is 3.05. The van der Waals surface area contributed by atoms with Crippen molar-refractivity contribution in [2.45, 2.75) is 19.8 Å². The lowest BCUT2D eigenvalue weighted by Gasteiger charge is -2.30. The maximum absolute atomic E-state index is 13.3. The van der Waals surface area contributed by atoms with Gasteiger partial charge in [0.1, 0.15) is 0 Å². The Hall–Kier alpha value is -2.50. The summed E-state index contributed by atoms with van der Waals surface area (Å²) in [5.74, 6) is -4.48. The van der Waals surface area contributed by atoms with Crippen molar-refractivity contribution in [2.24, 2.45) is 5.41 Å². The van der Waals surface area contributed by atoms with Crippen molar-refractivity contribution in [3.05, 3.63) is 58.7 Å². The van der Waals surface area contributed by atoms with Crippen LogP contribution in [-0.2, 0) is 16.0 Å². The van der Waals surface area contributed by atoms with E-state index in [1.807, 2.05) is 0 Å². The van der Waals surface area contributed by atoms with Crippen molar-refractivity contribution < 1.29 is 28.6 Å². The number of carbonyl (C=O) groups is 2. The highest BCUT2D eigenvalue weighted by molar-refractivity contribution is 5.90. The molecule has 2 rings (SSSR count). The fourth-order valence-electron chi connectivity index (χ4n) is 2.67. The zero-order chi connectivity index (χ0) is 16.5. The minimum absolute atomic E-state index is 0.0232. The number of rotatable bonds is 4. The first-order chi connectivity index (χ1) is 10.2. The van der Waals surface area contributed by atoms with Crippen LogP contribution in [-0.4, -0.2) is 22.2 Å². The zero-order valence-corrected chi connectivity index (χ0v) is 11.8. The van der Waals surface area contributed by atoms with E-state index in [0.717, 1.165) is 12.1 Å². The fraction of sp³-hybridized carbons (Fsp3) is 0.250. The summed E-state index contributed by atoms with van der Waals surface area (Å²) < 4.78 is 26.3. The molecule has 1 aliphatic carbocycles. The average molecular weight is 308 g/mol. The van der Waals surface area contributed by atoms with Gasteiger partial charge in [-0.3, -0.25) is 4.79 Å². The lowest BCUT2D eigenvalue weighted by Crippen LogP contribution is -2.35. The smallest absolute Gasteiger partial charge is 0.331 e. The van der Waals surface area contributed by atoms with Gasteiger partial charge in [-0.05, 0) is 43.5 Å². The predicted octanol–water partition coefficient (Wildman–Crippen LogP) is 2.94. The first-order valence-electron chi connectivity index (χ1n) is 6.54. The topological polar surface area (TPSA) is 74.6 Å². The Morgan fingerprint density at radius 2 is 1.91 bits per heavy atom. The molecule has 0 amide bonds. The van der Waals surface area contributed by atoms with Crippen molar-refractivity contribution in [1.29, 1.82) is 0 Å². The minimum Gasteiger partial charge on any atom is -0.481 e. The van der Waals surface area contributed by atoms with E-state index in [4.69, 9.17) is 5.11 Å². The average Bonchev–Trinajstić information content (AvgIpc) is 2.42. The van der Waals surface area contributed by atoms with Crippen LogP contribution < -0.4 is 0 Å². The molecule has 0 aromatic heterocycles. The van der Waals surface area contributed by atoms with Gasteiger partial charge >= 0.3 is 11.9 Å². The van der Waals surface area contributed by atoms with Gasteiger partial charge in [-0.2, -0.15) is 0 Å². The number of benzene rings is 1. The van der Waals surface area contributed by atoms with E-state index < -0.39 is 29.0 Å². The Morgan fingerprint density at radius 1 is 1.23 bits per heavy atom. The van der Waals surface area contributed by atoms with Crippen LogP contribution in [0.1, 0.15) is 18.9 Å². The standard InChI is InChI=1S/C16H14F2O4/c1-9-4-11(14(19)20)8-16(6-9,15(21)22)7-10-2-3-12(17)13(18)5-10/h2-6H,7-8H2,1H3,(H,19,20)(H,21,22). The molecule has 0 fully saturated rings. The monoisotopic (exact) mass is 308 g/mol. The largest absolute Gasteiger partial charge is 0.481 e. The number of carboxylic acid groups (broad SMARTS) is 2. The van der Waals surface area contributed by atoms with Gasteiger partial charge in [0.25, 0.3) is 0 Å². The molecule has 2 N–H and O–H groups in total. The van der Waals surface area contributed by atoms with Crippen molar-refractivity contribution in [3.8, 4) is 0 Å². The van der Waals surface area contributed by atoms with Crippen LogP contribution >= 0.6 is 0 Å². The summed E-state index contributed by atoms with van der Waals surface area (Å²) in [5.41, 5.74) is -0.716. The molecular formula is C16H14F2O4. The van der Waals surface area contributed by atoms with Crippen LogP contribution in [0.3, 0.4) is 0 Å². The number of hydrogen-bond acceptors (Lipinski definition) is 2. The van der Waals surface area contributed by atoms with Crippen molar-refractivity contribution in [3.63, 3.8) is 0 Å². The van der Waals surface area contributed by atoms with Crippen LogP contribution in [0.25, 0.3) is 0 Å². The summed E-state index contributed by atoms with van der Waals surface area (Å²) in [6, 6.07) is 3.15. The summed E-state index contributed by atoms with van der Waals surface area (Å²) in [5, 5.41) is 18.7. The molecule has 1 unspecified atom stereocenters. The maximum Gasteiger partial charge on any atom is 0.331 e. The quantitative estimate of drug-likeness (QED) is 0.897. The summed E-state index contributed by atoms with van der Waals surface area (Å²) in [7, 11) is 0. The molecular weight excluding hydrogens is 294 g/mol. The van der Waals surface area contributed by atoms with Crippen molar-refractivity contribution >= 4 is 11.9 Å². The molecule has 0 saturated heterocycles. The molecule has 1 aliphatic rings. The summed E-state index contributed by atoms with van der Waals surface area (Å²) >= 11 is 0. The second-order valence-electron chi connectivity index (χ2n) is 5.43. The SMILES string of the molecule is CC1=CC(Cc2ccc(F)c(F)c2)(C(=O)O)CC(C(=O)O)=C1. The number of halogens is 2. The lowest BCUT2D eigenvalue weighted by atomic mass is 9.72. The molecule has 4 nitrogen and oxygen atoms in total. The fourth-order valence-corrected chi connectivity index (χ4v) is 2.67. The Kier molecular flexibility index (Phi) is 4.12. The van der Waals surface area contributed by atoms with Crippen LogP contribution in [0.15, 0.2) is 41.5 Å². The van der Waals surface area contributed by atoms with Crippen molar-refractivity contribution in [1.82, 2.24) is 0 Å². The van der Waals surface area contributed by atoms with Gasteiger partial charge in [0.05, 0.1) is 5.41 Å². The van der Waals surface area contributed by atoms with Gasteiger partial charge in [-0.15, -0.1) is 0 Å². The van der Waals surface area contributed by atoms with Gasteiger partial charge in [0.2, 0.25) is 0 Å². The molecule has 116 valence electrons. The van der Waals surface area contributed by atoms with E-state index in [0.29, 0.717) is 5.57 Å². The highest BCUT2D eigenvalue weighted by atomic mass is 19.2. The second-order valence-corrected chi connectivity index (χ2v) is 5.43. The Balaban J connectivity index is 2.42. The van der Waals surface area contributed by atoms with E-state index >= 15 is 0 Å². The number of allylic oxidation sites excluding steroid dienone is 2. The normalized spacial score (nSPS) is 21.0. The molecule has 22 heavy (non-hydrogen) atoms. The molecule has 1 atom stereocenters. The van der Waals surface area contributed by atoms with Crippen molar-refractivity contribution in [2.75, 3.05) is 0 Å². The highest BCUT2D eigenvalue weighted by Crippen LogP contribution is 2.38. The Labute approximate surface area is 125 Å². The summed E-state index contributed by atoms with van der Waals surface area (Å²) in [6.45, 7) is 1.60. The van der Waals surface area contributed by atoms with E-state index in [9.17, 15) is 23.5 Å². The molecule has 1 aromatic carbocycles. The predicted molar refractivity (Wildman–Crippen MR) is 74.2 cm³/mol. The molecule has 0 heterocycles. The van der Waals surface area contributed by atoms with Crippen LogP contribution in [0.2, 0.25) is 0 Å². The van der Waals surface area contributed by atoms with E-state index in [1.54, 1.807) is 6.92 Å². The van der Waals surface area contributed by atoms with Crippen LogP contribution in [0, 0.1) is 17.0 Å². The molecule has 0 radical (unpaired) electrons. The number of aliphatic carboxylic acids is 2. The summed E-state index contributed by atoms with van der Waals surface area (Å²) in [4.78, 5) is 22.9. The minimum atomic E-state index is -1.49. The third-order valence-corrected chi connectivity index (χ3v) is 3.62. The van der Waals surface area contributed by atoms with Crippen LogP contribution in [0.5, 0.6) is 0 Å². The molecule has 1 aromatic rings. The van der Waals surface area contributed by atoms with Crippen LogP contribution in [0.4, 0.5) is 8.78 Å². The maximum atomic E-state index is 13.3. The molecule has 6 heteroatoms. The van der Waals surface area contributed by atoms with Gasteiger partial charge in [-0.1, -0.05) is 17.7 Å². The Morgan fingerprint density at radius 3 is 2.45 bits per heavy atom. The molecule has 0 spiro atoms.